The summed E-state index contributed by atoms with van der Waals surface area (Å²) in [7, 11) is 5.63. The number of nitrogens with zero attached hydrogens (tertiary/aromatic N) is 5. The van der Waals surface area contributed by atoms with E-state index in [9.17, 15) is 4.79 Å². The number of rotatable bonds is 5. The van der Waals surface area contributed by atoms with E-state index in [-0.39, 0.29) is 5.91 Å². The Labute approximate surface area is 164 Å². The van der Waals surface area contributed by atoms with E-state index in [4.69, 9.17) is 5.73 Å². The molecule has 2 aromatic rings. The monoisotopic (exact) mass is 386 g/mol. The van der Waals surface area contributed by atoms with Crippen LogP contribution in [0.15, 0.2) is 41.6 Å². The average molecular weight is 387 g/mol. The van der Waals surface area contributed by atoms with Crippen LogP contribution in [0, 0.1) is 0 Å². The maximum Gasteiger partial charge on any atom is 0.232 e. The topological polar surface area (TPSA) is 78.6 Å². The Hall–Kier alpha value is -2.32. The van der Waals surface area contributed by atoms with Gasteiger partial charge in [-0.15, -0.1) is 0 Å². The van der Waals surface area contributed by atoms with E-state index < -0.39 is 0 Å². The maximum atomic E-state index is 11.8. The van der Waals surface area contributed by atoms with Crippen molar-refractivity contribution in [2.45, 2.75) is 11.2 Å². The van der Waals surface area contributed by atoms with Crippen LogP contribution in [-0.2, 0) is 4.79 Å². The lowest BCUT2D eigenvalue weighted by molar-refractivity contribution is -0.125. The third-order valence-corrected chi connectivity index (χ3v) is 5.52. The predicted molar refractivity (Wildman–Crippen MR) is 110 cm³/mol. The number of likely N-dealkylation sites (N-methyl/N-ethyl adjacent to an activating group) is 1. The number of amides is 1. The predicted octanol–water partition coefficient (Wildman–Crippen LogP) is 1.73. The molecule has 3 rings (SSSR count). The molecule has 1 aromatic carbocycles. The van der Waals surface area contributed by atoms with Gasteiger partial charge in [-0.2, -0.15) is 0 Å². The van der Waals surface area contributed by atoms with Crippen molar-refractivity contribution in [2.75, 3.05) is 57.2 Å². The Kier molecular flexibility index (Phi) is 6.18. The first-order valence-corrected chi connectivity index (χ1v) is 9.90. The van der Waals surface area contributed by atoms with Crippen molar-refractivity contribution in [3.63, 3.8) is 0 Å². The van der Waals surface area contributed by atoms with Crippen molar-refractivity contribution >= 4 is 29.3 Å². The number of nitrogens with two attached hydrogens (primary N) is 1. The number of benzene rings is 1. The zero-order valence-corrected chi connectivity index (χ0v) is 16.8. The minimum Gasteiger partial charge on any atom is -0.383 e. The third kappa shape index (κ3) is 4.90. The summed E-state index contributed by atoms with van der Waals surface area (Å²) in [5.41, 5.74) is 7.30. The largest absolute Gasteiger partial charge is 0.383 e. The molecule has 1 aliphatic rings. The Morgan fingerprint density at radius 3 is 2.70 bits per heavy atom. The molecule has 1 unspecified atom stereocenters. The zero-order chi connectivity index (χ0) is 19.4. The highest BCUT2D eigenvalue weighted by molar-refractivity contribution is 7.99. The molecule has 0 radical (unpaired) electrons. The highest BCUT2D eigenvalue weighted by atomic mass is 32.2. The molecule has 2 heterocycles. The third-order valence-electron chi connectivity index (χ3n) is 4.69. The molecule has 1 atom stereocenters. The van der Waals surface area contributed by atoms with Gasteiger partial charge in [-0.05, 0) is 12.6 Å². The first-order valence-electron chi connectivity index (χ1n) is 8.91. The molecule has 0 spiro atoms. The molecular formula is C19H26N6OS. The molecule has 7 nitrogen and oxygen atoms in total. The lowest BCUT2D eigenvalue weighted by Gasteiger charge is -2.40. The van der Waals surface area contributed by atoms with Crippen molar-refractivity contribution in [1.29, 1.82) is 0 Å². The summed E-state index contributed by atoms with van der Waals surface area (Å²) < 4.78 is 0. The lowest BCUT2D eigenvalue weighted by atomic mass is 10.0. The van der Waals surface area contributed by atoms with E-state index in [1.807, 2.05) is 12.1 Å². The second-order valence-electron chi connectivity index (χ2n) is 6.86. The van der Waals surface area contributed by atoms with E-state index in [2.05, 4.69) is 51.1 Å². The normalized spacial score (nSPS) is 17.7. The molecule has 0 bridgehead atoms. The Morgan fingerprint density at radius 1 is 1.26 bits per heavy atom. The van der Waals surface area contributed by atoms with E-state index >= 15 is 0 Å². The fourth-order valence-corrected chi connectivity index (χ4v) is 3.87. The molecule has 1 aliphatic heterocycles. The highest BCUT2D eigenvalue weighted by Gasteiger charge is 2.27. The van der Waals surface area contributed by atoms with E-state index in [1.165, 1.54) is 17.3 Å². The highest BCUT2D eigenvalue weighted by Crippen LogP contribution is 2.28. The number of hydrogen-bond acceptors (Lipinski definition) is 7. The van der Waals surface area contributed by atoms with Gasteiger partial charge in [0.15, 0.2) is 5.16 Å². The fourth-order valence-electron chi connectivity index (χ4n) is 3.03. The molecule has 0 aliphatic carbocycles. The molecule has 1 amide bonds. The summed E-state index contributed by atoms with van der Waals surface area (Å²) in [5.74, 6) is 1.56. The minimum atomic E-state index is 0.0244. The van der Waals surface area contributed by atoms with Crippen LogP contribution in [0.3, 0.4) is 0 Å². The molecule has 144 valence electrons. The number of nitrogen functional groups attached to an aromatic ring is 1. The van der Waals surface area contributed by atoms with Crippen molar-refractivity contribution in [2.24, 2.45) is 0 Å². The summed E-state index contributed by atoms with van der Waals surface area (Å²) in [6, 6.07) is 12.6. The smallest absolute Gasteiger partial charge is 0.232 e. The van der Waals surface area contributed by atoms with E-state index in [0.717, 1.165) is 25.5 Å². The Bertz CT molecular complexity index is 785. The minimum absolute atomic E-state index is 0.0244. The number of piperazine rings is 1. The standard InChI is InChI=1S/C19H26N6OS/c1-23(2)18(26)13-27-19-21-16(20)11-17(22-19)25-10-9-24(3)15(12-25)14-7-5-4-6-8-14/h4-8,11,15H,9-10,12-13H2,1-3H3,(H2,20,21,22). The van der Waals surface area contributed by atoms with Crippen LogP contribution in [0.1, 0.15) is 11.6 Å². The van der Waals surface area contributed by atoms with E-state index in [0.29, 0.717) is 22.8 Å². The van der Waals surface area contributed by atoms with Crippen molar-refractivity contribution < 1.29 is 4.79 Å². The fraction of sp³-hybridized carbons (Fsp3) is 0.421. The van der Waals surface area contributed by atoms with Crippen LogP contribution in [0.25, 0.3) is 0 Å². The molecule has 0 saturated carbocycles. The number of aromatic nitrogens is 2. The summed E-state index contributed by atoms with van der Waals surface area (Å²) >= 11 is 1.32. The SMILES string of the molecule is CN(C)C(=O)CSc1nc(N)cc(N2CCN(C)C(c3ccccc3)C2)n1. The van der Waals surface area contributed by atoms with Crippen LogP contribution < -0.4 is 10.6 Å². The molecule has 27 heavy (non-hydrogen) atoms. The van der Waals surface area contributed by atoms with Crippen LogP contribution >= 0.6 is 11.8 Å². The van der Waals surface area contributed by atoms with Gasteiger partial charge >= 0.3 is 0 Å². The number of carbonyl (C=O) groups excluding carboxylic acids is 1. The second kappa shape index (κ2) is 8.58. The van der Waals surface area contributed by atoms with Crippen molar-refractivity contribution in [3.05, 3.63) is 42.0 Å². The number of anilines is 2. The summed E-state index contributed by atoms with van der Waals surface area (Å²) in [5, 5.41) is 0.537. The van der Waals surface area contributed by atoms with Gasteiger partial charge in [-0.1, -0.05) is 42.1 Å². The Balaban J connectivity index is 1.76. The summed E-state index contributed by atoms with van der Waals surface area (Å²) in [6.45, 7) is 2.64. The van der Waals surface area contributed by atoms with Crippen LogP contribution in [0.5, 0.6) is 0 Å². The van der Waals surface area contributed by atoms with Gasteiger partial charge in [0, 0.05) is 39.8 Å². The van der Waals surface area contributed by atoms with Gasteiger partial charge in [0.25, 0.3) is 0 Å². The maximum absolute atomic E-state index is 11.8. The molecule has 8 heteroatoms. The van der Waals surface area contributed by atoms with Crippen LogP contribution in [-0.4, -0.2) is 72.2 Å². The number of hydrogen-bond donors (Lipinski definition) is 1. The second-order valence-corrected chi connectivity index (χ2v) is 7.81. The average Bonchev–Trinajstić information content (AvgIpc) is 2.66. The first kappa shape index (κ1) is 19.4. The quantitative estimate of drug-likeness (QED) is 0.619. The summed E-state index contributed by atoms with van der Waals surface area (Å²) in [6.07, 6.45) is 0. The molecule has 2 N–H and O–H groups in total. The van der Waals surface area contributed by atoms with Crippen molar-refractivity contribution in [1.82, 2.24) is 19.8 Å². The zero-order valence-electron chi connectivity index (χ0n) is 16.0. The van der Waals surface area contributed by atoms with Crippen LogP contribution in [0.4, 0.5) is 11.6 Å². The van der Waals surface area contributed by atoms with Crippen molar-refractivity contribution in [3.8, 4) is 0 Å². The molecular weight excluding hydrogens is 360 g/mol. The molecule has 1 fully saturated rings. The van der Waals surface area contributed by atoms with E-state index in [1.54, 1.807) is 19.0 Å². The number of thioether (sulfide) groups is 1. The molecule has 1 saturated heterocycles. The van der Waals surface area contributed by atoms with Gasteiger partial charge in [-0.25, -0.2) is 9.97 Å². The van der Waals surface area contributed by atoms with Gasteiger partial charge in [0.1, 0.15) is 11.6 Å². The number of carbonyl (C=O) groups is 1. The van der Waals surface area contributed by atoms with Gasteiger partial charge in [0.05, 0.1) is 11.8 Å². The van der Waals surface area contributed by atoms with Gasteiger partial charge in [0.2, 0.25) is 5.91 Å². The lowest BCUT2D eigenvalue weighted by Crippen LogP contribution is -2.47. The summed E-state index contributed by atoms with van der Waals surface area (Å²) in [4.78, 5) is 26.9. The van der Waals surface area contributed by atoms with Gasteiger partial charge < -0.3 is 15.5 Å². The van der Waals surface area contributed by atoms with Crippen LogP contribution in [0.2, 0.25) is 0 Å². The first-order chi connectivity index (χ1) is 12.9. The Morgan fingerprint density at radius 2 is 2.00 bits per heavy atom. The van der Waals surface area contributed by atoms with Gasteiger partial charge in [-0.3, -0.25) is 9.69 Å². The molecule has 1 aromatic heterocycles.